The van der Waals surface area contributed by atoms with Crippen molar-refractivity contribution in [2.45, 2.75) is 26.8 Å². The van der Waals surface area contributed by atoms with Crippen molar-refractivity contribution in [1.29, 1.82) is 0 Å². The Balaban J connectivity index is 2.08. The molecular weight excluding hydrogens is 256 g/mol. The Morgan fingerprint density at radius 1 is 0.905 bits per heavy atom. The van der Waals surface area contributed by atoms with Crippen LogP contribution in [0.15, 0.2) is 60.8 Å². The molecule has 0 saturated heterocycles. The summed E-state index contributed by atoms with van der Waals surface area (Å²) in [6.45, 7) is 6.54. The molecule has 106 valence electrons. The van der Waals surface area contributed by atoms with Crippen molar-refractivity contribution in [2.24, 2.45) is 0 Å². The summed E-state index contributed by atoms with van der Waals surface area (Å²) in [4.78, 5) is 6.81. The fourth-order valence-corrected chi connectivity index (χ4v) is 2.66. The second kappa shape index (κ2) is 5.57. The van der Waals surface area contributed by atoms with Crippen molar-refractivity contribution in [3.8, 4) is 0 Å². The van der Waals surface area contributed by atoms with E-state index in [0.717, 1.165) is 5.52 Å². The molecule has 0 unspecified atom stereocenters. The zero-order chi connectivity index (χ0) is 14.8. The van der Waals surface area contributed by atoms with Gasteiger partial charge in [0.1, 0.15) is 0 Å². The van der Waals surface area contributed by atoms with E-state index < -0.39 is 0 Å². The number of hydrogen-bond donors (Lipinski definition) is 0. The van der Waals surface area contributed by atoms with Gasteiger partial charge in [-0.1, -0.05) is 29.8 Å². The number of nitrogens with zero attached hydrogens (tertiary/aromatic N) is 2. The summed E-state index contributed by atoms with van der Waals surface area (Å²) in [6.07, 6.45) is 1.84. The zero-order valence-corrected chi connectivity index (χ0v) is 12.7. The van der Waals surface area contributed by atoms with E-state index in [1.807, 2.05) is 12.3 Å². The Hall–Kier alpha value is -2.35. The summed E-state index contributed by atoms with van der Waals surface area (Å²) < 4.78 is 0. The quantitative estimate of drug-likeness (QED) is 0.662. The highest BCUT2D eigenvalue weighted by Crippen LogP contribution is 2.30. The maximum Gasteiger partial charge on any atom is 0.0722 e. The highest BCUT2D eigenvalue weighted by molar-refractivity contribution is 5.83. The second-order valence-electron chi connectivity index (χ2n) is 5.68. The first-order valence-corrected chi connectivity index (χ1v) is 7.36. The predicted molar refractivity (Wildman–Crippen MR) is 90.2 cm³/mol. The molecule has 0 aliphatic carbocycles. The molecule has 0 atom stereocenters. The number of anilines is 2. The van der Waals surface area contributed by atoms with Crippen molar-refractivity contribution < 1.29 is 0 Å². The normalized spacial score (nSPS) is 11.0. The van der Waals surface area contributed by atoms with E-state index in [2.05, 4.69) is 79.2 Å². The van der Waals surface area contributed by atoms with E-state index in [4.69, 9.17) is 0 Å². The Labute approximate surface area is 126 Å². The molecule has 0 N–H and O–H groups in total. The van der Waals surface area contributed by atoms with Gasteiger partial charge >= 0.3 is 0 Å². The molecule has 21 heavy (non-hydrogen) atoms. The first kappa shape index (κ1) is 13.6. The number of rotatable bonds is 3. The van der Waals surface area contributed by atoms with E-state index in [1.54, 1.807) is 0 Å². The van der Waals surface area contributed by atoms with Gasteiger partial charge in [0.05, 0.1) is 5.52 Å². The number of hydrogen-bond acceptors (Lipinski definition) is 2. The maximum absolute atomic E-state index is 4.46. The molecule has 2 aromatic carbocycles. The van der Waals surface area contributed by atoms with E-state index in [1.165, 1.54) is 22.3 Å². The molecule has 2 nitrogen and oxygen atoms in total. The molecule has 0 aliphatic heterocycles. The van der Waals surface area contributed by atoms with E-state index in [9.17, 15) is 0 Å². The molecule has 0 fully saturated rings. The van der Waals surface area contributed by atoms with Crippen molar-refractivity contribution in [1.82, 2.24) is 4.98 Å². The fraction of sp³-hybridized carbons (Fsp3) is 0.211. The highest BCUT2D eigenvalue weighted by Gasteiger charge is 2.13. The summed E-state index contributed by atoms with van der Waals surface area (Å²) in [5.74, 6) is 0. The lowest BCUT2D eigenvalue weighted by molar-refractivity contribution is 0.789. The average molecular weight is 276 g/mol. The largest absolute Gasteiger partial charge is 0.339 e. The summed E-state index contributed by atoms with van der Waals surface area (Å²) in [5, 5.41) is 1.17. The van der Waals surface area contributed by atoms with E-state index in [0.29, 0.717) is 6.04 Å². The van der Waals surface area contributed by atoms with E-state index in [-0.39, 0.29) is 0 Å². The van der Waals surface area contributed by atoms with Crippen LogP contribution in [-0.4, -0.2) is 11.0 Å². The first-order chi connectivity index (χ1) is 10.1. The number of aromatic nitrogens is 1. The second-order valence-corrected chi connectivity index (χ2v) is 5.68. The number of benzene rings is 2. The topological polar surface area (TPSA) is 16.1 Å². The van der Waals surface area contributed by atoms with Gasteiger partial charge in [0.25, 0.3) is 0 Å². The summed E-state index contributed by atoms with van der Waals surface area (Å²) >= 11 is 0. The third kappa shape index (κ3) is 2.75. The molecule has 2 heteroatoms. The molecule has 0 saturated carbocycles. The molecular formula is C19H20N2. The Morgan fingerprint density at radius 2 is 1.62 bits per heavy atom. The van der Waals surface area contributed by atoms with Gasteiger partial charge in [0.2, 0.25) is 0 Å². The summed E-state index contributed by atoms with van der Waals surface area (Å²) in [6, 6.07) is 19.6. The van der Waals surface area contributed by atoms with Crippen LogP contribution >= 0.6 is 0 Å². The van der Waals surface area contributed by atoms with Crippen LogP contribution in [0.25, 0.3) is 10.9 Å². The van der Waals surface area contributed by atoms with Crippen molar-refractivity contribution in [3.05, 3.63) is 66.4 Å². The minimum atomic E-state index is 0.383. The van der Waals surface area contributed by atoms with Gasteiger partial charge in [-0.05, 0) is 51.1 Å². The van der Waals surface area contributed by atoms with Crippen molar-refractivity contribution in [3.63, 3.8) is 0 Å². The first-order valence-electron chi connectivity index (χ1n) is 7.36. The van der Waals surface area contributed by atoms with Gasteiger partial charge < -0.3 is 4.90 Å². The van der Waals surface area contributed by atoms with Crippen LogP contribution in [0.5, 0.6) is 0 Å². The lowest BCUT2D eigenvalue weighted by Crippen LogP contribution is -2.25. The monoisotopic (exact) mass is 276 g/mol. The van der Waals surface area contributed by atoms with E-state index >= 15 is 0 Å². The third-order valence-corrected chi connectivity index (χ3v) is 3.70. The summed E-state index contributed by atoms with van der Waals surface area (Å²) in [5.41, 5.74) is 4.71. The van der Waals surface area contributed by atoms with Gasteiger partial charge in [-0.15, -0.1) is 0 Å². The predicted octanol–water partition coefficient (Wildman–Crippen LogP) is 5.09. The van der Waals surface area contributed by atoms with Gasteiger partial charge in [0, 0.05) is 29.0 Å². The van der Waals surface area contributed by atoms with Crippen LogP contribution in [0.1, 0.15) is 19.4 Å². The summed E-state index contributed by atoms with van der Waals surface area (Å²) in [7, 11) is 0. The third-order valence-electron chi connectivity index (χ3n) is 3.70. The minimum absolute atomic E-state index is 0.383. The molecule has 0 amide bonds. The standard InChI is InChI=1S/C19H20N2/c1-14(2)21(17-9-6-15(3)7-10-17)18-11-8-16-5-4-12-20-19(16)13-18/h4-14H,1-3H3. The van der Waals surface area contributed by atoms with Crippen LogP contribution in [0.3, 0.4) is 0 Å². The number of fused-ring (bicyclic) bond motifs is 1. The van der Waals surface area contributed by atoms with Gasteiger partial charge in [-0.3, -0.25) is 4.98 Å². The van der Waals surface area contributed by atoms with Crippen LogP contribution in [0.2, 0.25) is 0 Å². The molecule has 1 aromatic heterocycles. The Morgan fingerprint density at radius 3 is 2.33 bits per heavy atom. The fourth-order valence-electron chi connectivity index (χ4n) is 2.66. The van der Waals surface area contributed by atoms with Gasteiger partial charge in [0.15, 0.2) is 0 Å². The lowest BCUT2D eigenvalue weighted by Gasteiger charge is -2.29. The SMILES string of the molecule is Cc1ccc(N(c2ccc3cccnc3c2)C(C)C)cc1. The number of pyridine rings is 1. The van der Waals surface area contributed by atoms with Crippen LogP contribution in [0.4, 0.5) is 11.4 Å². The minimum Gasteiger partial charge on any atom is -0.339 e. The molecule has 3 aromatic rings. The molecule has 0 spiro atoms. The molecule has 1 heterocycles. The van der Waals surface area contributed by atoms with Gasteiger partial charge in [-0.2, -0.15) is 0 Å². The van der Waals surface area contributed by atoms with Crippen LogP contribution < -0.4 is 4.90 Å². The lowest BCUT2D eigenvalue weighted by atomic mass is 10.1. The molecule has 0 aliphatic rings. The molecule has 3 rings (SSSR count). The van der Waals surface area contributed by atoms with Crippen LogP contribution in [-0.2, 0) is 0 Å². The zero-order valence-electron chi connectivity index (χ0n) is 12.7. The molecule has 0 radical (unpaired) electrons. The average Bonchev–Trinajstić information content (AvgIpc) is 2.49. The highest BCUT2D eigenvalue weighted by atomic mass is 15.2. The van der Waals surface area contributed by atoms with Crippen LogP contribution in [0, 0.1) is 6.92 Å². The number of aryl methyl sites for hydroxylation is 1. The van der Waals surface area contributed by atoms with Crippen molar-refractivity contribution in [2.75, 3.05) is 4.90 Å². The smallest absolute Gasteiger partial charge is 0.0722 e. The Bertz CT molecular complexity index is 745. The Kier molecular flexibility index (Phi) is 3.61. The van der Waals surface area contributed by atoms with Gasteiger partial charge in [-0.25, -0.2) is 0 Å². The van der Waals surface area contributed by atoms with Crippen molar-refractivity contribution >= 4 is 22.3 Å². The molecule has 0 bridgehead atoms. The maximum atomic E-state index is 4.46.